The number of hydrogen-bond donors (Lipinski definition) is 0. The third kappa shape index (κ3) is 5.33. The molecule has 0 amide bonds. The summed E-state index contributed by atoms with van der Waals surface area (Å²) in [6.07, 6.45) is -3.26. The Kier molecular flexibility index (Phi) is 5.49. The number of benzene rings is 3. The van der Waals surface area contributed by atoms with Crippen molar-refractivity contribution in [2.75, 3.05) is 0 Å². The smallest absolute Gasteiger partial charge is 0.406 e. The van der Waals surface area contributed by atoms with E-state index in [1.54, 1.807) is 18.2 Å². The second kappa shape index (κ2) is 7.82. The van der Waals surface area contributed by atoms with E-state index in [4.69, 9.17) is 0 Å². The number of rotatable bonds is 5. The molecule has 3 rings (SSSR count). The highest BCUT2D eigenvalue weighted by Crippen LogP contribution is 2.25. The minimum Gasteiger partial charge on any atom is -0.406 e. The number of aryl methyl sites for hydroxylation is 3. The van der Waals surface area contributed by atoms with Crippen molar-refractivity contribution in [2.45, 2.75) is 26.1 Å². The van der Waals surface area contributed by atoms with Gasteiger partial charge in [-0.15, -0.1) is 13.2 Å². The monoisotopic (exact) mass is 374 g/mol. The molecule has 0 aromatic heterocycles. The van der Waals surface area contributed by atoms with Crippen LogP contribution in [0.4, 0.5) is 17.6 Å². The Hall–Kier alpha value is -2.82. The van der Waals surface area contributed by atoms with Crippen LogP contribution in [0.1, 0.15) is 16.7 Å². The van der Waals surface area contributed by atoms with E-state index in [0.29, 0.717) is 12.0 Å². The molecule has 5 heteroatoms. The molecule has 0 aliphatic rings. The van der Waals surface area contributed by atoms with E-state index in [-0.39, 0.29) is 11.6 Å². The third-order valence-electron chi connectivity index (χ3n) is 4.25. The first-order valence-electron chi connectivity index (χ1n) is 8.50. The molecule has 0 saturated carbocycles. The average molecular weight is 374 g/mol. The Labute approximate surface area is 155 Å². The Bertz CT molecular complexity index is 897. The second-order valence-corrected chi connectivity index (χ2v) is 6.37. The second-order valence-electron chi connectivity index (χ2n) is 6.37. The molecule has 3 aromatic rings. The summed E-state index contributed by atoms with van der Waals surface area (Å²) in [4.78, 5) is 0. The largest absolute Gasteiger partial charge is 0.573 e. The van der Waals surface area contributed by atoms with Gasteiger partial charge in [-0.25, -0.2) is 4.39 Å². The molecule has 3 aromatic carbocycles. The summed E-state index contributed by atoms with van der Waals surface area (Å²) < 4.78 is 54.4. The van der Waals surface area contributed by atoms with Crippen LogP contribution in [0.3, 0.4) is 0 Å². The molecule has 1 nitrogen and oxygen atoms in total. The molecule has 0 heterocycles. The summed E-state index contributed by atoms with van der Waals surface area (Å²) >= 11 is 0. The number of halogens is 4. The van der Waals surface area contributed by atoms with Gasteiger partial charge in [-0.3, -0.25) is 0 Å². The highest BCUT2D eigenvalue weighted by molar-refractivity contribution is 5.64. The quantitative estimate of drug-likeness (QED) is 0.464. The summed E-state index contributed by atoms with van der Waals surface area (Å²) in [5, 5.41) is 0. The van der Waals surface area contributed by atoms with E-state index in [2.05, 4.69) is 4.74 Å². The topological polar surface area (TPSA) is 9.23 Å². The van der Waals surface area contributed by atoms with Gasteiger partial charge in [0.25, 0.3) is 0 Å². The Morgan fingerprint density at radius 1 is 0.778 bits per heavy atom. The van der Waals surface area contributed by atoms with Gasteiger partial charge in [-0.05, 0) is 60.2 Å². The molecule has 0 aliphatic heterocycles. The van der Waals surface area contributed by atoms with E-state index < -0.39 is 6.36 Å². The van der Waals surface area contributed by atoms with E-state index >= 15 is 0 Å². The Balaban J connectivity index is 1.62. The van der Waals surface area contributed by atoms with E-state index in [1.165, 1.54) is 18.2 Å². The van der Waals surface area contributed by atoms with E-state index in [0.717, 1.165) is 28.7 Å². The summed E-state index contributed by atoms with van der Waals surface area (Å²) in [6, 6.07) is 18.7. The molecule has 0 atom stereocenters. The van der Waals surface area contributed by atoms with Crippen molar-refractivity contribution in [1.29, 1.82) is 0 Å². The highest BCUT2D eigenvalue weighted by atomic mass is 19.4. The summed E-state index contributed by atoms with van der Waals surface area (Å²) in [6.45, 7) is 1.84. The lowest BCUT2D eigenvalue weighted by Gasteiger charge is -2.09. The van der Waals surface area contributed by atoms with Crippen molar-refractivity contribution in [2.24, 2.45) is 0 Å². The molecule has 27 heavy (non-hydrogen) atoms. The van der Waals surface area contributed by atoms with E-state index in [1.807, 2.05) is 37.3 Å². The Morgan fingerprint density at radius 2 is 1.33 bits per heavy atom. The maximum Gasteiger partial charge on any atom is 0.573 e. The van der Waals surface area contributed by atoms with Crippen molar-refractivity contribution in [3.05, 3.63) is 89.2 Å². The van der Waals surface area contributed by atoms with Crippen LogP contribution in [-0.2, 0) is 12.8 Å². The molecule has 0 N–H and O–H groups in total. The first kappa shape index (κ1) is 19.0. The lowest BCUT2D eigenvalue weighted by atomic mass is 9.99. The molecular weight excluding hydrogens is 356 g/mol. The van der Waals surface area contributed by atoms with Crippen molar-refractivity contribution >= 4 is 0 Å². The van der Waals surface area contributed by atoms with Crippen LogP contribution < -0.4 is 4.74 Å². The maximum absolute atomic E-state index is 14.1. The SMILES string of the molecule is Cc1ccc(-c2ccc(CCc3ccc(OC(F)(F)F)cc3)cc2)c(F)c1. The fraction of sp³-hybridized carbons (Fsp3) is 0.182. The van der Waals surface area contributed by atoms with Crippen LogP contribution in [0.2, 0.25) is 0 Å². The molecule has 0 fully saturated rings. The minimum atomic E-state index is -4.68. The van der Waals surface area contributed by atoms with Crippen LogP contribution in [0.5, 0.6) is 5.75 Å². The number of ether oxygens (including phenoxy) is 1. The van der Waals surface area contributed by atoms with Gasteiger partial charge in [0.2, 0.25) is 0 Å². The zero-order valence-corrected chi connectivity index (χ0v) is 14.7. The first-order valence-corrected chi connectivity index (χ1v) is 8.50. The molecule has 0 bridgehead atoms. The molecule has 0 spiro atoms. The van der Waals surface area contributed by atoms with Crippen molar-refractivity contribution in [1.82, 2.24) is 0 Å². The molecule has 0 radical (unpaired) electrons. The zero-order chi connectivity index (χ0) is 19.4. The van der Waals surface area contributed by atoms with Crippen LogP contribution in [-0.4, -0.2) is 6.36 Å². The fourth-order valence-electron chi connectivity index (χ4n) is 2.85. The zero-order valence-electron chi connectivity index (χ0n) is 14.7. The van der Waals surface area contributed by atoms with Gasteiger partial charge in [-0.1, -0.05) is 48.5 Å². The van der Waals surface area contributed by atoms with Gasteiger partial charge in [-0.2, -0.15) is 0 Å². The van der Waals surface area contributed by atoms with Crippen LogP contribution in [0.25, 0.3) is 11.1 Å². The highest BCUT2D eigenvalue weighted by Gasteiger charge is 2.30. The molecule has 0 aliphatic carbocycles. The molecule has 0 unspecified atom stereocenters. The molecule has 0 saturated heterocycles. The number of alkyl halides is 3. The van der Waals surface area contributed by atoms with Crippen LogP contribution in [0.15, 0.2) is 66.7 Å². The van der Waals surface area contributed by atoms with E-state index in [9.17, 15) is 17.6 Å². The van der Waals surface area contributed by atoms with Gasteiger partial charge < -0.3 is 4.74 Å². The lowest BCUT2D eigenvalue weighted by Crippen LogP contribution is -2.17. The normalized spacial score (nSPS) is 11.4. The minimum absolute atomic E-state index is 0.226. The van der Waals surface area contributed by atoms with Crippen molar-refractivity contribution in [3.8, 4) is 16.9 Å². The first-order chi connectivity index (χ1) is 12.8. The van der Waals surface area contributed by atoms with Crippen molar-refractivity contribution < 1.29 is 22.3 Å². The van der Waals surface area contributed by atoms with Gasteiger partial charge in [0.05, 0.1) is 0 Å². The fourth-order valence-corrected chi connectivity index (χ4v) is 2.85. The summed E-state index contributed by atoms with van der Waals surface area (Å²) in [5.74, 6) is -0.473. The maximum atomic E-state index is 14.1. The van der Waals surface area contributed by atoms with Gasteiger partial charge in [0, 0.05) is 5.56 Å². The molecule has 140 valence electrons. The number of hydrogen-bond acceptors (Lipinski definition) is 1. The lowest BCUT2D eigenvalue weighted by molar-refractivity contribution is -0.274. The standard InChI is InChI=1S/C22H18F4O/c1-15-2-13-20(21(23)14-15)18-9-5-16(6-10-18)3-4-17-7-11-19(12-8-17)27-22(24,25)26/h2,5-14H,3-4H2,1H3. The third-order valence-corrected chi connectivity index (χ3v) is 4.25. The van der Waals surface area contributed by atoms with Crippen LogP contribution >= 0.6 is 0 Å². The van der Waals surface area contributed by atoms with Gasteiger partial charge in [0.15, 0.2) is 0 Å². The average Bonchev–Trinajstić information content (AvgIpc) is 2.60. The Morgan fingerprint density at radius 3 is 1.85 bits per heavy atom. The molecular formula is C22H18F4O. The van der Waals surface area contributed by atoms with Crippen molar-refractivity contribution in [3.63, 3.8) is 0 Å². The summed E-state index contributed by atoms with van der Waals surface area (Å²) in [5.41, 5.74) is 4.23. The van der Waals surface area contributed by atoms with Gasteiger partial charge in [0.1, 0.15) is 11.6 Å². The predicted octanol–water partition coefficient (Wildman–Crippen LogP) is 6.48. The summed E-state index contributed by atoms with van der Waals surface area (Å²) in [7, 11) is 0. The predicted molar refractivity (Wildman–Crippen MR) is 97.1 cm³/mol. The van der Waals surface area contributed by atoms with Gasteiger partial charge >= 0.3 is 6.36 Å². The van der Waals surface area contributed by atoms with Crippen LogP contribution in [0, 0.1) is 12.7 Å².